The number of hydrogen-bond acceptors (Lipinski definition) is 3. The molecule has 1 aromatic carbocycles. The molecular formula is C15H16FNO2. The van der Waals surface area contributed by atoms with Crippen LogP contribution in [0.25, 0.3) is 0 Å². The van der Waals surface area contributed by atoms with E-state index in [-0.39, 0.29) is 5.75 Å². The van der Waals surface area contributed by atoms with Gasteiger partial charge in [-0.3, -0.25) is 4.98 Å². The third kappa shape index (κ3) is 3.76. The number of aliphatic hydroxyl groups is 1. The molecule has 2 aromatic rings. The highest BCUT2D eigenvalue weighted by atomic mass is 19.1. The average Bonchev–Trinajstić information content (AvgIpc) is 2.40. The van der Waals surface area contributed by atoms with Crippen LogP contribution in [0.2, 0.25) is 0 Å². The number of aromatic nitrogens is 1. The van der Waals surface area contributed by atoms with Crippen molar-refractivity contribution in [3.8, 4) is 5.75 Å². The summed E-state index contributed by atoms with van der Waals surface area (Å²) >= 11 is 0. The van der Waals surface area contributed by atoms with E-state index in [1.54, 1.807) is 24.5 Å². The molecule has 1 unspecified atom stereocenters. The zero-order chi connectivity index (χ0) is 13.7. The van der Waals surface area contributed by atoms with Gasteiger partial charge in [0.2, 0.25) is 0 Å². The minimum Gasteiger partial charge on any atom is -0.494 e. The quantitative estimate of drug-likeness (QED) is 0.898. The second-order valence-corrected chi connectivity index (χ2v) is 4.39. The van der Waals surface area contributed by atoms with Gasteiger partial charge in [0.25, 0.3) is 0 Å². The van der Waals surface area contributed by atoms with Crippen LogP contribution in [0.1, 0.15) is 11.1 Å². The molecule has 0 aliphatic heterocycles. The van der Waals surface area contributed by atoms with Crippen molar-refractivity contribution in [2.24, 2.45) is 0 Å². The molecule has 1 heterocycles. The largest absolute Gasteiger partial charge is 0.494 e. The van der Waals surface area contributed by atoms with Crippen LogP contribution in [0.15, 0.2) is 42.7 Å². The molecule has 0 saturated heterocycles. The highest BCUT2D eigenvalue weighted by Gasteiger charge is 2.09. The molecule has 100 valence electrons. The third-order valence-electron chi connectivity index (χ3n) is 2.91. The molecule has 0 amide bonds. The summed E-state index contributed by atoms with van der Waals surface area (Å²) in [6.07, 6.45) is 3.76. The minimum absolute atomic E-state index is 0.215. The van der Waals surface area contributed by atoms with Crippen molar-refractivity contribution in [2.75, 3.05) is 7.11 Å². The molecule has 0 saturated carbocycles. The maximum absolute atomic E-state index is 13.5. The molecule has 1 atom stereocenters. The first-order valence-corrected chi connectivity index (χ1v) is 6.08. The standard InChI is InChI=1S/C15H16FNO2/c1-19-15-3-2-12(10-14(15)16)9-13(18)8-11-4-6-17-7-5-11/h2-7,10,13,18H,8-9H2,1H3. The van der Waals surface area contributed by atoms with Crippen molar-refractivity contribution in [1.29, 1.82) is 0 Å². The van der Waals surface area contributed by atoms with Crippen molar-refractivity contribution in [3.63, 3.8) is 0 Å². The first-order valence-electron chi connectivity index (χ1n) is 6.08. The Hall–Kier alpha value is -1.94. The van der Waals surface area contributed by atoms with Gasteiger partial charge >= 0.3 is 0 Å². The van der Waals surface area contributed by atoms with Crippen molar-refractivity contribution in [1.82, 2.24) is 4.98 Å². The molecule has 1 N–H and O–H groups in total. The Balaban J connectivity index is 1.99. The Morgan fingerprint density at radius 1 is 1.16 bits per heavy atom. The molecule has 0 radical (unpaired) electrons. The molecule has 0 fully saturated rings. The molecule has 0 aliphatic carbocycles. The fourth-order valence-corrected chi connectivity index (χ4v) is 1.97. The maximum Gasteiger partial charge on any atom is 0.165 e. The number of nitrogens with zero attached hydrogens (tertiary/aromatic N) is 1. The monoisotopic (exact) mass is 261 g/mol. The van der Waals surface area contributed by atoms with E-state index in [0.29, 0.717) is 12.8 Å². The number of hydrogen-bond donors (Lipinski definition) is 1. The second-order valence-electron chi connectivity index (χ2n) is 4.39. The van der Waals surface area contributed by atoms with Crippen LogP contribution in [0.3, 0.4) is 0 Å². The smallest absolute Gasteiger partial charge is 0.165 e. The van der Waals surface area contributed by atoms with Crippen LogP contribution in [0, 0.1) is 5.82 Å². The molecule has 1 aromatic heterocycles. The van der Waals surface area contributed by atoms with E-state index in [4.69, 9.17) is 4.74 Å². The van der Waals surface area contributed by atoms with E-state index in [1.165, 1.54) is 13.2 Å². The SMILES string of the molecule is COc1ccc(CC(O)Cc2ccncc2)cc1F. The summed E-state index contributed by atoms with van der Waals surface area (Å²) in [6.45, 7) is 0. The van der Waals surface area contributed by atoms with Crippen molar-refractivity contribution in [3.05, 3.63) is 59.7 Å². The first-order chi connectivity index (χ1) is 9.19. The van der Waals surface area contributed by atoms with E-state index in [1.807, 2.05) is 12.1 Å². The minimum atomic E-state index is -0.546. The summed E-state index contributed by atoms with van der Waals surface area (Å²) < 4.78 is 18.4. The molecule has 0 aliphatic rings. The van der Waals surface area contributed by atoms with E-state index < -0.39 is 11.9 Å². The zero-order valence-corrected chi connectivity index (χ0v) is 10.7. The van der Waals surface area contributed by atoms with Crippen molar-refractivity contribution >= 4 is 0 Å². The maximum atomic E-state index is 13.5. The normalized spacial score (nSPS) is 12.2. The summed E-state index contributed by atoms with van der Waals surface area (Å²) in [5.74, 6) is -0.191. The van der Waals surface area contributed by atoms with E-state index in [2.05, 4.69) is 4.98 Å². The van der Waals surface area contributed by atoms with Crippen LogP contribution in [-0.4, -0.2) is 23.3 Å². The van der Waals surface area contributed by atoms with Gasteiger partial charge in [-0.2, -0.15) is 0 Å². The van der Waals surface area contributed by atoms with Gasteiger partial charge in [0.15, 0.2) is 11.6 Å². The van der Waals surface area contributed by atoms with Crippen molar-refractivity contribution in [2.45, 2.75) is 18.9 Å². The van der Waals surface area contributed by atoms with Gasteiger partial charge in [-0.05, 0) is 48.2 Å². The van der Waals surface area contributed by atoms with Gasteiger partial charge in [0.1, 0.15) is 0 Å². The van der Waals surface area contributed by atoms with Gasteiger partial charge in [-0.15, -0.1) is 0 Å². The fourth-order valence-electron chi connectivity index (χ4n) is 1.97. The predicted octanol–water partition coefficient (Wildman–Crippen LogP) is 2.38. The van der Waals surface area contributed by atoms with Crippen molar-refractivity contribution < 1.29 is 14.2 Å². The molecule has 3 nitrogen and oxygen atoms in total. The van der Waals surface area contributed by atoms with Gasteiger partial charge in [0.05, 0.1) is 13.2 Å². The van der Waals surface area contributed by atoms with Gasteiger partial charge in [-0.25, -0.2) is 4.39 Å². The van der Waals surface area contributed by atoms with E-state index in [9.17, 15) is 9.50 Å². The number of methoxy groups -OCH3 is 1. The second kappa shape index (κ2) is 6.29. The van der Waals surface area contributed by atoms with Crippen LogP contribution in [-0.2, 0) is 12.8 Å². The van der Waals surface area contributed by atoms with Gasteiger partial charge in [-0.1, -0.05) is 6.07 Å². The number of rotatable bonds is 5. The van der Waals surface area contributed by atoms with Gasteiger partial charge < -0.3 is 9.84 Å². The summed E-state index contributed by atoms with van der Waals surface area (Å²) in [6, 6.07) is 8.45. The highest BCUT2D eigenvalue weighted by Crippen LogP contribution is 2.19. The Morgan fingerprint density at radius 3 is 2.47 bits per heavy atom. The summed E-state index contributed by atoms with van der Waals surface area (Å²) in [4.78, 5) is 3.92. The fraction of sp³-hybridized carbons (Fsp3) is 0.267. The Morgan fingerprint density at radius 2 is 1.84 bits per heavy atom. The third-order valence-corrected chi connectivity index (χ3v) is 2.91. The van der Waals surface area contributed by atoms with E-state index in [0.717, 1.165) is 11.1 Å². The predicted molar refractivity (Wildman–Crippen MR) is 70.6 cm³/mol. The Kier molecular flexibility index (Phi) is 4.47. The lowest BCUT2D eigenvalue weighted by molar-refractivity contribution is 0.175. The molecule has 2 rings (SSSR count). The lowest BCUT2D eigenvalue weighted by Gasteiger charge is -2.11. The molecule has 4 heteroatoms. The molecule has 0 spiro atoms. The highest BCUT2D eigenvalue weighted by molar-refractivity contribution is 5.29. The van der Waals surface area contributed by atoms with E-state index >= 15 is 0 Å². The van der Waals surface area contributed by atoms with Crippen LogP contribution >= 0.6 is 0 Å². The molecule has 19 heavy (non-hydrogen) atoms. The number of aliphatic hydroxyl groups excluding tert-OH is 1. The zero-order valence-electron chi connectivity index (χ0n) is 10.7. The van der Waals surface area contributed by atoms with Crippen LogP contribution in [0.5, 0.6) is 5.75 Å². The van der Waals surface area contributed by atoms with Crippen LogP contribution in [0.4, 0.5) is 4.39 Å². The first kappa shape index (κ1) is 13.5. The Bertz CT molecular complexity index is 531. The summed E-state index contributed by atoms with van der Waals surface area (Å²) in [5.41, 5.74) is 1.76. The molecule has 0 bridgehead atoms. The number of ether oxygens (including phenoxy) is 1. The lowest BCUT2D eigenvalue weighted by Crippen LogP contribution is -2.14. The lowest BCUT2D eigenvalue weighted by atomic mass is 10.0. The number of benzene rings is 1. The Labute approximate surface area is 111 Å². The molecular weight excluding hydrogens is 245 g/mol. The number of pyridine rings is 1. The topological polar surface area (TPSA) is 42.4 Å². The van der Waals surface area contributed by atoms with Crippen LogP contribution < -0.4 is 4.74 Å². The average molecular weight is 261 g/mol. The van der Waals surface area contributed by atoms with Gasteiger partial charge in [0, 0.05) is 12.4 Å². The summed E-state index contributed by atoms with van der Waals surface area (Å²) in [5, 5.41) is 10.00. The summed E-state index contributed by atoms with van der Waals surface area (Å²) in [7, 11) is 1.43. The number of halogens is 1.